The second-order valence-electron chi connectivity index (χ2n) is 9.18. The summed E-state index contributed by atoms with van der Waals surface area (Å²) in [6.45, 7) is 3.10. The number of hydrogen-bond donors (Lipinski definition) is 0. The van der Waals surface area contributed by atoms with Crippen molar-refractivity contribution in [3.63, 3.8) is 0 Å². The van der Waals surface area contributed by atoms with Crippen LogP contribution in [0.4, 0.5) is 0 Å². The van der Waals surface area contributed by atoms with Crippen molar-refractivity contribution in [3.8, 4) is 0 Å². The van der Waals surface area contributed by atoms with Crippen LogP contribution in [0.2, 0.25) is 0 Å². The summed E-state index contributed by atoms with van der Waals surface area (Å²) in [7, 11) is -4.56. The molecule has 0 spiro atoms. The van der Waals surface area contributed by atoms with Gasteiger partial charge in [0.2, 0.25) is 0 Å². The molecule has 0 radical (unpaired) electrons. The van der Waals surface area contributed by atoms with Gasteiger partial charge in [-0.1, -0.05) is 103 Å². The summed E-state index contributed by atoms with van der Waals surface area (Å²) >= 11 is 0. The van der Waals surface area contributed by atoms with Crippen LogP contribution in [-0.2, 0) is 19.6 Å². The topological polar surface area (TPSA) is 110 Å². The van der Waals surface area contributed by atoms with E-state index in [4.69, 9.17) is 9.47 Å². The zero-order chi connectivity index (χ0) is 25.9. The Morgan fingerprint density at radius 3 is 1.56 bits per heavy atom. The minimum Gasteiger partial charge on any atom is -0.748 e. The second kappa shape index (κ2) is 21.1. The van der Waals surface area contributed by atoms with Crippen molar-refractivity contribution in [2.24, 2.45) is 0 Å². The Hall–Kier alpha value is -0.930. The number of esters is 2. The van der Waals surface area contributed by atoms with Gasteiger partial charge in [-0.2, -0.15) is 0 Å². The van der Waals surface area contributed by atoms with E-state index < -0.39 is 33.9 Å². The van der Waals surface area contributed by atoms with E-state index in [1.165, 1.54) is 82.8 Å². The van der Waals surface area contributed by atoms with Gasteiger partial charge in [0, 0.05) is 0 Å². The SMILES string of the molecule is CCCCCCCCCCCCCCCCOC(=O)c1ccccc1C(=O)OCC(C)S(=O)(=O)[O-].[Na+]. The van der Waals surface area contributed by atoms with Crippen LogP contribution in [0.1, 0.15) is 124 Å². The van der Waals surface area contributed by atoms with Crippen molar-refractivity contribution < 1.29 is 61.6 Å². The van der Waals surface area contributed by atoms with Gasteiger partial charge in [-0.3, -0.25) is 0 Å². The molecule has 9 heteroatoms. The van der Waals surface area contributed by atoms with Gasteiger partial charge in [-0.05, 0) is 25.5 Å². The van der Waals surface area contributed by atoms with Gasteiger partial charge >= 0.3 is 41.5 Å². The van der Waals surface area contributed by atoms with Crippen LogP contribution in [0.5, 0.6) is 0 Å². The number of unbranched alkanes of at least 4 members (excludes halogenated alkanes) is 13. The first-order valence-electron chi connectivity index (χ1n) is 13.1. The van der Waals surface area contributed by atoms with Crippen LogP contribution >= 0.6 is 0 Å². The number of benzene rings is 1. The molecule has 7 nitrogen and oxygen atoms in total. The van der Waals surface area contributed by atoms with Crippen molar-refractivity contribution in [1.29, 1.82) is 0 Å². The van der Waals surface area contributed by atoms with Crippen LogP contribution in [0.3, 0.4) is 0 Å². The average molecular weight is 535 g/mol. The molecule has 0 saturated heterocycles. The smallest absolute Gasteiger partial charge is 0.748 e. The molecule has 0 aliphatic rings. The average Bonchev–Trinajstić information content (AvgIpc) is 2.83. The van der Waals surface area contributed by atoms with E-state index >= 15 is 0 Å². The first kappa shape index (κ1) is 35.1. The quantitative estimate of drug-likeness (QED) is 0.109. The molecular formula is C27H43NaO7S. The maximum atomic E-state index is 12.4. The molecule has 0 amide bonds. The molecule has 1 atom stereocenters. The standard InChI is InChI=1S/C27H44O7S.Na/c1-3-4-5-6-7-8-9-10-11-12-13-14-15-18-21-33-26(28)24-19-16-17-20-25(24)27(29)34-22-23(2)35(30,31)32;/h16-17,19-20,23H,3-15,18,21-22H2,1-2H3,(H,30,31,32);/q;+1/p-1. The molecule has 36 heavy (non-hydrogen) atoms. The van der Waals surface area contributed by atoms with Crippen molar-refractivity contribution in [2.75, 3.05) is 13.2 Å². The minimum absolute atomic E-state index is 0. The Balaban J connectivity index is 0.0000122. The van der Waals surface area contributed by atoms with E-state index in [-0.39, 0.29) is 47.3 Å². The van der Waals surface area contributed by atoms with Crippen LogP contribution in [0, 0.1) is 0 Å². The third-order valence-corrected chi connectivity index (χ3v) is 7.16. The molecule has 1 rings (SSSR count). The van der Waals surface area contributed by atoms with E-state index in [0.29, 0.717) is 0 Å². The van der Waals surface area contributed by atoms with Gasteiger partial charge in [-0.15, -0.1) is 0 Å². The molecule has 0 aliphatic carbocycles. The Morgan fingerprint density at radius 1 is 0.750 bits per heavy atom. The van der Waals surface area contributed by atoms with Crippen molar-refractivity contribution >= 4 is 22.1 Å². The summed E-state index contributed by atoms with van der Waals surface area (Å²) < 4.78 is 43.1. The molecular weight excluding hydrogens is 491 g/mol. The summed E-state index contributed by atoms with van der Waals surface area (Å²) in [5.74, 6) is -1.50. The maximum Gasteiger partial charge on any atom is 1.00 e. The van der Waals surface area contributed by atoms with Crippen molar-refractivity contribution in [2.45, 2.75) is 109 Å². The molecule has 0 N–H and O–H groups in total. The van der Waals surface area contributed by atoms with E-state index in [1.807, 2.05) is 0 Å². The van der Waals surface area contributed by atoms with Crippen LogP contribution in [0.25, 0.3) is 0 Å². The maximum absolute atomic E-state index is 12.4. The van der Waals surface area contributed by atoms with Crippen molar-refractivity contribution in [1.82, 2.24) is 0 Å². The largest absolute Gasteiger partial charge is 1.00 e. The Labute approximate surface area is 240 Å². The van der Waals surface area contributed by atoms with E-state index in [0.717, 1.165) is 26.2 Å². The zero-order valence-electron chi connectivity index (χ0n) is 22.5. The molecule has 0 bridgehead atoms. The van der Waals surface area contributed by atoms with E-state index in [9.17, 15) is 22.6 Å². The normalized spacial score (nSPS) is 12.0. The Kier molecular flexibility index (Phi) is 20.5. The first-order valence-corrected chi connectivity index (χ1v) is 14.6. The van der Waals surface area contributed by atoms with Gasteiger partial charge in [0.1, 0.15) is 16.7 Å². The first-order chi connectivity index (χ1) is 16.8. The van der Waals surface area contributed by atoms with Gasteiger partial charge in [0.05, 0.1) is 23.0 Å². The molecule has 0 aromatic heterocycles. The van der Waals surface area contributed by atoms with Crippen LogP contribution in [-0.4, -0.2) is 43.4 Å². The fourth-order valence-electron chi connectivity index (χ4n) is 3.73. The summed E-state index contributed by atoms with van der Waals surface area (Å²) in [6, 6.07) is 6.03. The number of rotatable bonds is 20. The third kappa shape index (κ3) is 16.0. The number of hydrogen-bond acceptors (Lipinski definition) is 7. The molecule has 0 heterocycles. The Bertz CT molecular complexity index is 842. The summed E-state index contributed by atoms with van der Waals surface area (Å²) in [5, 5.41) is -1.37. The van der Waals surface area contributed by atoms with Gasteiger partial charge < -0.3 is 14.0 Å². The Morgan fingerprint density at radius 2 is 1.14 bits per heavy atom. The van der Waals surface area contributed by atoms with Crippen molar-refractivity contribution in [3.05, 3.63) is 35.4 Å². The fraction of sp³-hybridized carbons (Fsp3) is 0.704. The van der Waals surface area contributed by atoms with Crippen LogP contribution < -0.4 is 29.6 Å². The van der Waals surface area contributed by atoms with E-state index in [2.05, 4.69) is 6.92 Å². The van der Waals surface area contributed by atoms with Gasteiger partial charge in [0.15, 0.2) is 0 Å². The molecule has 0 saturated carbocycles. The number of carbonyl (C=O) groups is 2. The van der Waals surface area contributed by atoms with Crippen LogP contribution in [0.15, 0.2) is 24.3 Å². The summed E-state index contributed by atoms with van der Waals surface area (Å²) in [6.07, 6.45) is 17.4. The summed E-state index contributed by atoms with van der Waals surface area (Å²) in [5.41, 5.74) is 0.0365. The van der Waals surface area contributed by atoms with Gasteiger partial charge in [0.25, 0.3) is 0 Å². The summed E-state index contributed by atoms with van der Waals surface area (Å²) in [4.78, 5) is 24.7. The predicted octanol–water partition coefficient (Wildman–Crippen LogP) is 3.42. The third-order valence-electron chi connectivity index (χ3n) is 6.04. The van der Waals surface area contributed by atoms with Gasteiger partial charge in [-0.25, -0.2) is 18.0 Å². The molecule has 1 aromatic rings. The molecule has 200 valence electrons. The number of ether oxygens (including phenoxy) is 2. The molecule has 0 fully saturated rings. The van der Waals surface area contributed by atoms with E-state index in [1.54, 1.807) is 12.1 Å². The number of carbonyl (C=O) groups excluding carboxylic acids is 2. The molecule has 0 aliphatic heterocycles. The second-order valence-corrected chi connectivity index (χ2v) is 11.0. The molecule has 1 aromatic carbocycles. The molecule has 1 unspecified atom stereocenters. The fourth-order valence-corrected chi connectivity index (χ4v) is 3.97. The zero-order valence-corrected chi connectivity index (χ0v) is 25.3. The monoisotopic (exact) mass is 534 g/mol. The minimum atomic E-state index is -4.56. The predicted molar refractivity (Wildman–Crippen MR) is 136 cm³/mol.